The van der Waals surface area contributed by atoms with Gasteiger partial charge in [-0.25, -0.2) is 17.9 Å². The standard InChI is InChI=1S/C13H10Cl2N2O4S/c14-10-6-11(15)12(5-9(10)13(18)19)22(20,21)17-7-8-3-1-2-4-16-8/h1-6,17H,7H2,(H,18,19). The number of carboxylic acid groups (broad SMARTS) is 1. The van der Waals surface area contributed by atoms with E-state index in [0.717, 1.165) is 12.1 Å². The lowest BCUT2D eigenvalue weighted by molar-refractivity contribution is 0.0697. The van der Waals surface area contributed by atoms with Crippen molar-refractivity contribution in [2.75, 3.05) is 0 Å². The Morgan fingerprint density at radius 2 is 1.95 bits per heavy atom. The van der Waals surface area contributed by atoms with Gasteiger partial charge in [0.05, 0.1) is 27.8 Å². The van der Waals surface area contributed by atoms with E-state index in [-0.39, 0.29) is 27.0 Å². The predicted octanol–water partition coefficient (Wildman–Crippen LogP) is 2.57. The summed E-state index contributed by atoms with van der Waals surface area (Å²) >= 11 is 11.6. The average Bonchev–Trinajstić information content (AvgIpc) is 2.45. The summed E-state index contributed by atoms with van der Waals surface area (Å²) in [4.78, 5) is 14.7. The van der Waals surface area contributed by atoms with Gasteiger partial charge in [-0.1, -0.05) is 29.3 Å². The fourth-order valence-electron chi connectivity index (χ4n) is 1.65. The summed E-state index contributed by atoms with van der Waals surface area (Å²) in [6.45, 7) is -0.0511. The number of aromatic nitrogens is 1. The van der Waals surface area contributed by atoms with Crippen LogP contribution in [0.4, 0.5) is 0 Å². The molecule has 0 radical (unpaired) electrons. The highest BCUT2D eigenvalue weighted by atomic mass is 35.5. The molecule has 22 heavy (non-hydrogen) atoms. The smallest absolute Gasteiger partial charge is 0.337 e. The number of carbonyl (C=O) groups is 1. The largest absolute Gasteiger partial charge is 0.478 e. The molecule has 0 bridgehead atoms. The van der Waals surface area contributed by atoms with Crippen molar-refractivity contribution in [3.05, 3.63) is 57.8 Å². The van der Waals surface area contributed by atoms with Crippen LogP contribution in [0.3, 0.4) is 0 Å². The number of aromatic carboxylic acids is 1. The van der Waals surface area contributed by atoms with E-state index in [1.807, 2.05) is 0 Å². The molecule has 0 aliphatic heterocycles. The Kier molecular flexibility index (Phi) is 5.02. The number of hydrogen-bond donors (Lipinski definition) is 2. The molecule has 0 spiro atoms. The van der Waals surface area contributed by atoms with Gasteiger partial charge in [0.2, 0.25) is 10.0 Å². The van der Waals surface area contributed by atoms with Crippen molar-refractivity contribution >= 4 is 39.2 Å². The van der Waals surface area contributed by atoms with E-state index in [9.17, 15) is 13.2 Å². The Morgan fingerprint density at radius 1 is 1.23 bits per heavy atom. The van der Waals surface area contributed by atoms with Crippen molar-refractivity contribution in [3.63, 3.8) is 0 Å². The lowest BCUT2D eigenvalue weighted by Crippen LogP contribution is -2.24. The fourth-order valence-corrected chi connectivity index (χ4v) is 3.50. The Balaban J connectivity index is 2.33. The number of nitrogens with zero attached hydrogens (tertiary/aromatic N) is 1. The van der Waals surface area contributed by atoms with Crippen molar-refractivity contribution in [3.8, 4) is 0 Å². The van der Waals surface area contributed by atoms with Gasteiger partial charge in [-0.3, -0.25) is 4.98 Å². The molecule has 0 fully saturated rings. The van der Waals surface area contributed by atoms with Crippen LogP contribution in [0.2, 0.25) is 10.0 Å². The van der Waals surface area contributed by atoms with Crippen LogP contribution in [0, 0.1) is 0 Å². The first-order valence-electron chi connectivity index (χ1n) is 5.93. The van der Waals surface area contributed by atoms with Gasteiger partial charge in [0.25, 0.3) is 0 Å². The first-order valence-corrected chi connectivity index (χ1v) is 8.17. The molecule has 0 aliphatic carbocycles. The molecule has 0 unspecified atom stereocenters. The Labute approximate surface area is 136 Å². The van der Waals surface area contributed by atoms with E-state index in [1.165, 1.54) is 6.20 Å². The molecule has 1 heterocycles. The quantitative estimate of drug-likeness (QED) is 0.853. The maximum atomic E-state index is 12.3. The minimum absolute atomic E-state index is 0.0511. The minimum atomic E-state index is -4.01. The van der Waals surface area contributed by atoms with E-state index in [1.54, 1.807) is 18.2 Å². The number of carboxylic acids is 1. The summed E-state index contributed by atoms with van der Waals surface area (Å²) in [6, 6.07) is 7.08. The van der Waals surface area contributed by atoms with Gasteiger partial charge >= 0.3 is 5.97 Å². The van der Waals surface area contributed by atoms with E-state index in [2.05, 4.69) is 9.71 Å². The fraction of sp³-hybridized carbons (Fsp3) is 0.0769. The molecule has 0 aliphatic rings. The van der Waals surface area contributed by atoms with Gasteiger partial charge in [-0.05, 0) is 24.3 Å². The maximum absolute atomic E-state index is 12.3. The molecular formula is C13H10Cl2N2O4S. The van der Waals surface area contributed by atoms with Gasteiger partial charge in [0, 0.05) is 6.20 Å². The number of nitrogens with one attached hydrogen (secondary N) is 1. The summed E-state index contributed by atoms with van der Waals surface area (Å²) in [5.74, 6) is -1.34. The van der Waals surface area contributed by atoms with Crippen molar-refractivity contribution in [2.24, 2.45) is 0 Å². The van der Waals surface area contributed by atoms with Gasteiger partial charge < -0.3 is 5.11 Å². The van der Waals surface area contributed by atoms with Crippen LogP contribution in [-0.4, -0.2) is 24.5 Å². The van der Waals surface area contributed by atoms with Gasteiger partial charge in [-0.2, -0.15) is 0 Å². The number of pyridine rings is 1. The second kappa shape index (κ2) is 6.62. The molecule has 9 heteroatoms. The van der Waals surface area contributed by atoms with Crippen LogP contribution >= 0.6 is 23.2 Å². The SMILES string of the molecule is O=C(O)c1cc(S(=O)(=O)NCc2ccccn2)c(Cl)cc1Cl. The van der Waals surface area contributed by atoms with Crippen LogP contribution in [-0.2, 0) is 16.6 Å². The molecule has 2 aromatic rings. The topological polar surface area (TPSA) is 96.4 Å². The van der Waals surface area contributed by atoms with Crippen molar-refractivity contribution in [2.45, 2.75) is 11.4 Å². The number of hydrogen-bond acceptors (Lipinski definition) is 4. The van der Waals surface area contributed by atoms with Gasteiger partial charge in [0.1, 0.15) is 4.90 Å². The summed E-state index contributed by atoms with van der Waals surface area (Å²) in [5, 5.41) is 8.70. The van der Waals surface area contributed by atoms with Crippen LogP contribution in [0.1, 0.15) is 16.1 Å². The number of halogens is 2. The lowest BCUT2D eigenvalue weighted by Gasteiger charge is -2.10. The van der Waals surface area contributed by atoms with E-state index in [0.29, 0.717) is 5.69 Å². The zero-order chi connectivity index (χ0) is 16.3. The highest BCUT2D eigenvalue weighted by molar-refractivity contribution is 7.89. The average molecular weight is 361 g/mol. The molecule has 0 amide bonds. The Morgan fingerprint density at radius 3 is 2.55 bits per heavy atom. The normalized spacial score (nSPS) is 11.4. The van der Waals surface area contributed by atoms with Crippen LogP contribution in [0.25, 0.3) is 0 Å². The highest BCUT2D eigenvalue weighted by Crippen LogP contribution is 2.28. The summed E-state index contributed by atoms with van der Waals surface area (Å²) in [7, 11) is -4.01. The van der Waals surface area contributed by atoms with Gasteiger partial charge in [0.15, 0.2) is 0 Å². The molecule has 2 N–H and O–H groups in total. The third-order valence-corrected chi connectivity index (χ3v) is 4.89. The van der Waals surface area contributed by atoms with E-state index >= 15 is 0 Å². The van der Waals surface area contributed by atoms with Crippen LogP contribution < -0.4 is 4.72 Å². The molecule has 116 valence electrons. The van der Waals surface area contributed by atoms with Gasteiger partial charge in [-0.15, -0.1) is 0 Å². The zero-order valence-corrected chi connectivity index (χ0v) is 13.3. The Bertz CT molecular complexity index is 810. The molecule has 6 nitrogen and oxygen atoms in total. The summed E-state index contributed by atoms with van der Waals surface area (Å²) in [6.07, 6.45) is 1.53. The zero-order valence-electron chi connectivity index (χ0n) is 11.0. The summed E-state index contributed by atoms with van der Waals surface area (Å²) in [5.41, 5.74) is 0.166. The van der Waals surface area contributed by atoms with Crippen molar-refractivity contribution < 1.29 is 18.3 Å². The second-order valence-electron chi connectivity index (χ2n) is 4.21. The van der Waals surface area contributed by atoms with Crippen molar-refractivity contribution in [1.82, 2.24) is 9.71 Å². The third-order valence-electron chi connectivity index (χ3n) is 2.71. The third kappa shape index (κ3) is 3.75. The summed E-state index contributed by atoms with van der Waals surface area (Å²) < 4.78 is 26.8. The lowest BCUT2D eigenvalue weighted by atomic mass is 10.2. The number of sulfonamides is 1. The second-order valence-corrected chi connectivity index (χ2v) is 6.76. The minimum Gasteiger partial charge on any atom is -0.478 e. The maximum Gasteiger partial charge on any atom is 0.337 e. The molecule has 0 atom stereocenters. The molecule has 0 saturated heterocycles. The molecule has 2 rings (SSSR count). The first-order chi connectivity index (χ1) is 10.3. The van der Waals surface area contributed by atoms with E-state index in [4.69, 9.17) is 28.3 Å². The number of benzene rings is 1. The first kappa shape index (κ1) is 16.7. The highest BCUT2D eigenvalue weighted by Gasteiger charge is 2.22. The predicted molar refractivity (Wildman–Crippen MR) is 81.7 cm³/mol. The molecule has 0 saturated carbocycles. The molecule has 1 aromatic heterocycles. The molecule has 1 aromatic carbocycles. The van der Waals surface area contributed by atoms with Crippen LogP contribution in [0.5, 0.6) is 0 Å². The monoisotopic (exact) mass is 360 g/mol. The number of rotatable bonds is 5. The Hall–Kier alpha value is -1.67. The van der Waals surface area contributed by atoms with Crippen LogP contribution in [0.15, 0.2) is 41.4 Å². The van der Waals surface area contributed by atoms with Crippen molar-refractivity contribution in [1.29, 1.82) is 0 Å². The molecular weight excluding hydrogens is 351 g/mol. The van der Waals surface area contributed by atoms with E-state index < -0.39 is 16.0 Å².